The first-order chi connectivity index (χ1) is 16.8. The van der Waals surface area contributed by atoms with E-state index in [-0.39, 0.29) is 18.1 Å². The molecule has 0 bridgehead atoms. The van der Waals surface area contributed by atoms with Crippen molar-refractivity contribution in [3.8, 4) is 16.9 Å². The number of carbonyl (C=O) groups is 3. The second kappa shape index (κ2) is 10.1. The van der Waals surface area contributed by atoms with Crippen LogP contribution in [0.1, 0.15) is 31.1 Å². The van der Waals surface area contributed by atoms with Crippen LogP contribution >= 0.6 is 23.1 Å². The third-order valence-electron chi connectivity index (χ3n) is 5.77. The summed E-state index contributed by atoms with van der Waals surface area (Å²) in [4.78, 5) is 42.4. The van der Waals surface area contributed by atoms with Crippen molar-refractivity contribution in [3.05, 3.63) is 59.5 Å². The van der Waals surface area contributed by atoms with Gasteiger partial charge in [0.1, 0.15) is 16.3 Å². The highest BCUT2D eigenvalue weighted by atomic mass is 32.2. The summed E-state index contributed by atoms with van der Waals surface area (Å²) in [6.07, 6.45) is 0. The summed E-state index contributed by atoms with van der Waals surface area (Å²) in [6, 6.07) is 14.8. The fourth-order valence-corrected chi connectivity index (χ4v) is 6.08. The van der Waals surface area contributed by atoms with Gasteiger partial charge < -0.3 is 19.7 Å². The van der Waals surface area contributed by atoms with Gasteiger partial charge in [-0.25, -0.2) is 4.79 Å². The molecule has 1 N–H and O–H groups in total. The molecule has 0 spiro atoms. The molecule has 7 nitrogen and oxygen atoms in total. The summed E-state index contributed by atoms with van der Waals surface area (Å²) < 4.78 is 9.12. The minimum Gasteiger partial charge on any atom is -0.497 e. The van der Waals surface area contributed by atoms with E-state index in [0.29, 0.717) is 22.9 Å². The van der Waals surface area contributed by atoms with Gasteiger partial charge in [-0.1, -0.05) is 36.0 Å². The molecule has 182 valence electrons. The van der Waals surface area contributed by atoms with Crippen LogP contribution in [0.2, 0.25) is 0 Å². The number of thioether (sulfide) groups is 1. The van der Waals surface area contributed by atoms with E-state index < -0.39 is 16.6 Å². The van der Waals surface area contributed by atoms with Crippen LogP contribution in [0.15, 0.2) is 58.8 Å². The van der Waals surface area contributed by atoms with Gasteiger partial charge in [-0.2, -0.15) is 0 Å². The topological polar surface area (TPSA) is 84.9 Å². The highest BCUT2D eigenvalue weighted by Crippen LogP contribution is 2.46. The lowest BCUT2D eigenvalue weighted by Gasteiger charge is -2.38. The summed E-state index contributed by atoms with van der Waals surface area (Å²) in [5, 5.41) is 5.01. The lowest BCUT2D eigenvalue weighted by molar-refractivity contribution is -0.128. The summed E-state index contributed by atoms with van der Waals surface area (Å²) in [7, 11) is 1.58. The molecule has 0 saturated heterocycles. The molecule has 1 aromatic heterocycles. The van der Waals surface area contributed by atoms with Crippen LogP contribution in [0.4, 0.5) is 10.7 Å². The first-order valence-corrected chi connectivity index (χ1v) is 12.9. The van der Waals surface area contributed by atoms with Gasteiger partial charge in [0.2, 0.25) is 0 Å². The second-order valence-electron chi connectivity index (χ2n) is 7.91. The van der Waals surface area contributed by atoms with Gasteiger partial charge in [0.15, 0.2) is 4.75 Å². The number of nitrogens with zero attached hydrogens (tertiary/aromatic N) is 1. The zero-order valence-electron chi connectivity index (χ0n) is 19.9. The molecule has 1 aliphatic rings. The van der Waals surface area contributed by atoms with Crippen molar-refractivity contribution in [1.82, 2.24) is 0 Å². The number of hydrogen-bond donors (Lipinski definition) is 1. The van der Waals surface area contributed by atoms with Gasteiger partial charge >= 0.3 is 5.97 Å². The Hall–Kier alpha value is -3.30. The van der Waals surface area contributed by atoms with Crippen LogP contribution in [0, 0.1) is 0 Å². The number of carbonyl (C=O) groups excluding carboxylic acids is 3. The smallest absolute Gasteiger partial charge is 0.341 e. The largest absolute Gasteiger partial charge is 0.497 e. The molecule has 0 radical (unpaired) electrons. The van der Waals surface area contributed by atoms with Crippen LogP contribution in [0.25, 0.3) is 11.1 Å². The fraction of sp³-hybridized carbons (Fsp3) is 0.269. The fourth-order valence-electron chi connectivity index (χ4n) is 3.92. The molecule has 4 rings (SSSR count). The van der Waals surface area contributed by atoms with E-state index in [2.05, 4.69) is 5.32 Å². The molecule has 1 unspecified atom stereocenters. The van der Waals surface area contributed by atoms with E-state index in [1.54, 1.807) is 43.4 Å². The average molecular weight is 511 g/mol. The number of benzene rings is 2. The molecule has 1 aliphatic heterocycles. The van der Waals surface area contributed by atoms with Gasteiger partial charge in [-0.15, -0.1) is 11.3 Å². The number of esters is 1. The standard InChI is InChI=1S/C26H26N2O5S2/c1-5-28-19-9-7-8-10-20(19)35-26(3,25(28)31)24(30)27-22-21(23(29)33-6-2)18(15-34-22)16-11-13-17(32-4)14-12-16/h7-15H,5-6H2,1-4H3,(H,27,30). The van der Waals surface area contributed by atoms with Crippen molar-refractivity contribution < 1.29 is 23.9 Å². The maximum Gasteiger partial charge on any atom is 0.341 e. The zero-order valence-corrected chi connectivity index (χ0v) is 21.5. The predicted octanol–water partition coefficient (Wildman–Crippen LogP) is 5.46. The molecular weight excluding hydrogens is 484 g/mol. The molecule has 1 atom stereocenters. The van der Waals surface area contributed by atoms with E-state index in [1.165, 1.54) is 23.1 Å². The molecule has 0 fully saturated rings. The van der Waals surface area contributed by atoms with E-state index in [0.717, 1.165) is 16.1 Å². The number of nitrogens with one attached hydrogen (secondary N) is 1. The number of methoxy groups -OCH3 is 1. The monoisotopic (exact) mass is 510 g/mol. The van der Waals surface area contributed by atoms with Crippen LogP contribution in [0.3, 0.4) is 0 Å². The minimum atomic E-state index is -1.40. The zero-order chi connectivity index (χ0) is 25.2. The van der Waals surface area contributed by atoms with Gasteiger partial charge in [-0.05, 0) is 50.6 Å². The maximum atomic E-state index is 13.6. The number of anilines is 2. The van der Waals surface area contributed by atoms with E-state index >= 15 is 0 Å². The maximum absolute atomic E-state index is 13.6. The van der Waals surface area contributed by atoms with Crippen LogP contribution in [-0.4, -0.2) is 42.8 Å². The summed E-state index contributed by atoms with van der Waals surface area (Å²) >= 11 is 2.44. The lowest BCUT2D eigenvalue weighted by atomic mass is 10.0. The normalized spacial score (nSPS) is 17.0. The predicted molar refractivity (Wildman–Crippen MR) is 140 cm³/mol. The Labute approximate surface area is 212 Å². The van der Waals surface area contributed by atoms with Crippen molar-refractivity contribution in [1.29, 1.82) is 0 Å². The molecule has 35 heavy (non-hydrogen) atoms. The SMILES string of the molecule is CCOC(=O)c1c(-c2ccc(OC)cc2)csc1NC(=O)C1(C)Sc2ccccc2N(CC)C1=O. The molecule has 2 amide bonds. The first kappa shape index (κ1) is 24.8. The highest BCUT2D eigenvalue weighted by molar-refractivity contribution is 8.02. The van der Waals surface area contributed by atoms with Crippen molar-refractivity contribution in [2.75, 3.05) is 30.5 Å². The number of thiophene rings is 1. The lowest BCUT2D eigenvalue weighted by Crippen LogP contribution is -2.54. The third kappa shape index (κ3) is 4.53. The highest BCUT2D eigenvalue weighted by Gasteiger charge is 2.49. The van der Waals surface area contributed by atoms with Crippen LogP contribution in [-0.2, 0) is 14.3 Å². The Kier molecular flexibility index (Phi) is 7.18. The molecule has 2 aromatic carbocycles. The van der Waals surface area contributed by atoms with E-state index in [4.69, 9.17) is 9.47 Å². The number of hydrogen-bond acceptors (Lipinski definition) is 7. The Morgan fingerprint density at radius 2 is 1.80 bits per heavy atom. The Morgan fingerprint density at radius 1 is 1.09 bits per heavy atom. The number of fused-ring (bicyclic) bond motifs is 1. The van der Waals surface area contributed by atoms with Gasteiger partial charge in [0.25, 0.3) is 11.8 Å². The van der Waals surface area contributed by atoms with Crippen LogP contribution < -0.4 is 15.0 Å². The molecular formula is C26H26N2O5S2. The summed E-state index contributed by atoms with van der Waals surface area (Å²) in [5.41, 5.74) is 2.48. The minimum absolute atomic E-state index is 0.193. The number of ether oxygens (including phenoxy) is 2. The summed E-state index contributed by atoms with van der Waals surface area (Å²) in [6.45, 7) is 5.86. The van der Waals surface area contributed by atoms with Gasteiger partial charge in [-0.3, -0.25) is 9.59 Å². The number of amides is 2. The first-order valence-electron chi connectivity index (χ1n) is 11.2. The van der Waals surface area contributed by atoms with Gasteiger partial charge in [0, 0.05) is 22.4 Å². The molecule has 2 heterocycles. The van der Waals surface area contributed by atoms with Gasteiger partial charge in [0.05, 0.1) is 19.4 Å². The van der Waals surface area contributed by atoms with E-state index in [9.17, 15) is 14.4 Å². The number of rotatable bonds is 7. The molecule has 3 aromatic rings. The van der Waals surface area contributed by atoms with Crippen molar-refractivity contribution >= 4 is 51.6 Å². The van der Waals surface area contributed by atoms with Crippen molar-refractivity contribution in [2.45, 2.75) is 30.4 Å². The van der Waals surface area contributed by atoms with Crippen molar-refractivity contribution in [3.63, 3.8) is 0 Å². The summed E-state index contributed by atoms with van der Waals surface area (Å²) in [5.74, 6) is -0.639. The molecule has 0 saturated carbocycles. The Morgan fingerprint density at radius 3 is 2.46 bits per heavy atom. The number of para-hydroxylation sites is 1. The quantitative estimate of drug-likeness (QED) is 0.336. The van der Waals surface area contributed by atoms with Crippen molar-refractivity contribution in [2.24, 2.45) is 0 Å². The van der Waals surface area contributed by atoms with E-state index in [1.807, 2.05) is 43.3 Å². The Bertz CT molecular complexity index is 1270. The molecule has 0 aliphatic carbocycles. The third-order valence-corrected chi connectivity index (χ3v) is 8.00. The average Bonchev–Trinajstić information content (AvgIpc) is 3.28. The molecule has 9 heteroatoms. The Balaban J connectivity index is 1.70. The second-order valence-corrected chi connectivity index (χ2v) is 10.2. The van der Waals surface area contributed by atoms with Crippen LogP contribution in [0.5, 0.6) is 5.75 Å².